The fourth-order valence-electron chi connectivity index (χ4n) is 2.26. The number of guanidine groups is 1. The third-order valence-corrected chi connectivity index (χ3v) is 3.62. The predicted molar refractivity (Wildman–Crippen MR) is 95.8 cm³/mol. The zero-order valence-corrected chi connectivity index (χ0v) is 14.5. The van der Waals surface area contributed by atoms with Crippen molar-refractivity contribution in [3.05, 3.63) is 53.8 Å². The number of halogens is 1. The van der Waals surface area contributed by atoms with Crippen LogP contribution in [0.4, 0.5) is 10.1 Å². The van der Waals surface area contributed by atoms with E-state index in [1.165, 1.54) is 12.1 Å². The number of hydrogen-bond acceptors (Lipinski definition) is 4. The van der Waals surface area contributed by atoms with Crippen LogP contribution in [0, 0.1) is 5.82 Å². The molecule has 0 aliphatic heterocycles. The molecule has 0 bridgehead atoms. The van der Waals surface area contributed by atoms with Crippen LogP contribution in [0.15, 0.2) is 47.5 Å². The normalized spacial score (nSPS) is 12.6. The minimum absolute atomic E-state index is 0.204. The van der Waals surface area contributed by atoms with Gasteiger partial charge in [-0.15, -0.1) is 0 Å². The maximum absolute atomic E-state index is 13.0. The molecule has 0 aliphatic carbocycles. The molecule has 134 valence electrons. The van der Waals surface area contributed by atoms with Crippen molar-refractivity contribution in [2.45, 2.75) is 6.10 Å². The molecule has 0 amide bonds. The highest BCUT2D eigenvalue weighted by Gasteiger charge is 2.11. The van der Waals surface area contributed by atoms with Crippen LogP contribution in [0.2, 0.25) is 0 Å². The zero-order valence-electron chi connectivity index (χ0n) is 14.5. The van der Waals surface area contributed by atoms with Crippen molar-refractivity contribution in [2.24, 2.45) is 10.7 Å². The number of rotatable bonds is 7. The standard InChI is InChI=1S/C18H22FN3O3/c1-23-14-8-9-16(24-2)15(10-14)22-18(20)21-11-17(25-3)12-4-6-13(19)7-5-12/h4-10,17H,11H2,1-3H3,(H3,20,21,22). The van der Waals surface area contributed by atoms with Crippen molar-refractivity contribution < 1.29 is 18.6 Å². The van der Waals surface area contributed by atoms with Crippen LogP contribution in [0.3, 0.4) is 0 Å². The van der Waals surface area contributed by atoms with Crippen LogP contribution in [-0.4, -0.2) is 33.8 Å². The number of aliphatic imine (C=N–C) groups is 1. The molecule has 3 N–H and O–H groups in total. The summed E-state index contributed by atoms with van der Waals surface area (Å²) < 4.78 is 28.9. The predicted octanol–water partition coefficient (Wildman–Crippen LogP) is 2.96. The van der Waals surface area contributed by atoms with Crippen LogP contribution in [0.5, 0.6) is 11.5 Å². The van der Waals surface area contributed by atoms with Gasteiger partial charge in [-0.05, 0) is 29.8 Å². The number of ether oxygens (including phenoxy) is 3. The quantitative estimate of drug-likeness (QED) is 0.595. The minimum atomic E-state index is -0.326. The van der Waals surface area contributed by atoms with Gasteiger partial charge in [0.25, 0.3) is 0 Å². The Balaban J connectivity index is 2.09. The molecule has 7 heteroatoms. The molecule has 0 spiro atoms. The molecule has 2 rings (SSSR count). The molecule has 25 heavy (non-hydrogen) atoms. The number of nitrogens with one attached hydrogen (secondary N) is 1. The molecule has 1 unspecified atom stereocenters. The van der Waals surface area contributed by atoms with Gasteiger partial charge in [-0.2, -0.15) is 0 Å². The maximum atomic E-state index is 13.0. The van der Waals surface area contributed by atoms with Crippen LogP contribution in [0.25, 0.3) is 0 Å². The number of methoxy groups -OCH3 is 3. The second-order valence-electron chi connectivity index (χ2n) is 5.19. The van der Waals surface area contributed by atoms with Crippen LogP contribution in [-0.2, 0) is 4.74 Å². The molecular formula is C18H22FN3O3. The number of benzene rings is 2. The largest absolute Gasteiger partial charge is 0.497 e. The summed E-state index contributed by atoms with van der Waals surface area (Å²) in [5.41, 5.74) is 7.41. The van der Waals surface area contributed by atoms with Gasteiger partial charge in [-0.1, -0.05) is 12.1 Å². The lowest BCUT2D eigenvalue weighted by Crippen LogP contribution is -2.24. The SMILES string of the molecule is COc1ccc(OC)c(NC(N)=NCC(OC)c2ccc(F)cc2)c1. The third-order valence-electron chi connectivity index (χ3n) is 3.62. The summed E-state index contributed by atoms with van der Waals surface area (Å²) >= 11 is 0. The molecule has 0 aromatic heterocycles. The van der Waals surface area contributed by atoms with E-state index in [4.69, 9.17) is 19.9 Å². The van der Waals surface area contributed by atoms with E-state index in [0.717, 1.165) is 5.56 Å². The molecular weight excluding hydrogens is 325 g/mol. The van der Waals surface area contributed by atoms with E-state index in [1.54, 1.807) is 51.7 Å². The van der Waals surface area contributed by atoms with Crippen molar-refractivity contribution in [1.29, 1.82) is 0 Å². The van der Waals surface area contributed by atoms with Gasteiger partial charge in [-0.25, -0.2) is 4.39 Å². The minimum Gasteiger partial charge on any atom is -0.497 e. The average molecular weight is 347 g/mol. The van der Waals surface area contributed by atoms with E-state index in [1.807, 2.05) is 0 Å². The Morgan fingerprint density at radius 2 is 1.84 bits per heavy atom. The van der Waals surface area contributed by atoms with Crippen molar-refractivity contribution in [3.63, 3.8) is 0 Å². The molecule has 0 radical (unpaired) electrons. The highest BCUT2D eigenvalue weighted by atomic mass is 19.1. The lowest BCUT2D eigenvalue weighted by Gasteiger charge is -2.15. The molecule has 0 fully saturated rings. The first kappa shape index (κ1) is 18.5. The molecule has 0 saturated carbocycles. The Bertz CT molecular complexity index is 720. The van der Waals surface area contributed by atoms with Gasteiger partial charge in [0, 0.05) is 13.2 Å². The van der Waals surface area contributed by atoms with Gasteiger partial charge < -0.3 is 25.3 Å². The summed E-state index contributed by atoms with van der Waals surface area (Å²) in [6.45, 7) is 0.285. The van der Waals surface area contributed by atoms with Gasteiger partial charge in [0.1, 0.15) is 23.4 Å². The van der Waals surface area contributed by atoms with Gasteiger partial charge >= 0.3 is 0 Å². The number of nitrogens with zero attached hydrogens (tertiary/aromatic N) is 1. The van der Waals surface area contributed by atoms with E-state index in [9.17, 15) is 4.39 Å². The smallest absolute Gasteiger partial charge is 0.193 e. The van der Waals surface area contributed by atoms with Gasteiger partial charge in [-0.3, -0.25) is 4.99 Å². The van der Waals surface area contributed by atoms with Crippen LogP contribution in [0.1, 0.15) is 11.7 Å². The van der Waals surface area contributed by atoms with Crippen molar-refractivity contribution in [1.82, 2.24) is 0 Å². The summed E-state index contributed by atoms with van der Waals surface area (Å²) in [6, 6.07) is 11.4. The fraction of sp³-hybridized carbons (Fsp3) is 0.278. The maximum Gasteiger partial charge on any atom is 0.193 e. The molecule has 0 aliphatic rings. The summed E-state index contributed by atoms with van der Waals surface area (Å²) in [6.07, 6.45) is -0.326. The number of nitrogens with two attached hydrogens (primary N) is 1. The van der Waals surface area contributed by atoms with E-state index in [0.29, 0.717) is 17.2 Å². The molecule has 1 atom stereocenters. The van der Waals surface area contributed by atoms with Gasteiger partial charge in [0.15, 0.2) is 5.96 Å². The van der Waals surface area contributed by atoms with Crippen molar-refractivity contribution >= 4 is 11.6 Å². The van der Waals surface area contributed by atoms with E-state index in [2.05, 4.69) is 10.3 Å². The Labute approximate surface area is 146 Å². The van der Waals surface area contributed by atoms with Gasteiger partial charge in [0.05, 0.1) is 26.5 Å². The first-order chi connectivity index (χ1) is 12.1. The molecule has 2 aromatic carbocycles. The average Bonchev–Trinajstić information content (AvgIpc) is 2.63. The van der Waals surface area contributed by atoms with Crippen LogP contribution < -0.4 is 20.5 Å². The number of anilines is 1. The number of hydrogen-bond donors (Lipinski definition) is 2. The molecule has 2 aromatic rings. The summed E-state index contributed by atoms with van der Waals surface area (Å²) in [7, 11) is 4.71. The molecule has 6 nitrogen and oxygen atoms in total. The monoisotopic (exact) mass is 347 g/mol. The lowest BCUT2D eigenvalue weighted by molar-refractivity contribution is 0.111. The first-order valence-electron chi connectivity index (χ1n) is 7.64. The first-order valence-corrected chi connectivity index (χ1v) is 7.64. The highest BCUT2D eigenvalue weighted by molar-refractivity contribution is 5.94. The fourth-order valence-corrected chi connectivity index (χ4v) is 2.26. The van der Waals surface area contributed by atoms with Gasteiger partial charge in [0.2, 0.25) is 0 Å². The van der Waals surface area contributed by atoms with E-state index < -0.39 is 0 Å². The molecule has 0 saturated heterocycles. The highest BCUT2D eigenvalue weighted by Crippen LogP contribution is 2.28. The van der Waals surface area contributed by atoms with Crippen molar-refractivity contribution in [3.8, 4) is 11.5 Å². The molecule has 0 heterocycles. The summed E-state index contributed by atoms with van der Waals surface area (Å²) in [5.74, 6) is 1.18. The Morgan fingerprint density at radius 1 is 1.12 bits per heavy atom. The Morgan fingerprint density at radius 3 is 2.44 bits per heavy atom. The zero-order chi connectivity index (χ0) is 18.2. The van der Waals surface area contributed by atoms with Crippen LogP contribution >= 0.6 is 0 Å². The van der Waals surface area contributed by atoms with E-state index >= 15 is 0 Å². The Hall–Kier alpha value is -2.80. The Kier molecular flexibility index (Phi) is 6.59. The second-order valence-corrected chi connectivity index (χ2v) is 5.19. The second kappa shape index (κ2) is 8.89. The third kappa shape index (κ3) is 5.09. The lowest BCUT2D eigenvalue weighted by atomic mass is 10.1. The summed E-state index contributed by atoms with van der Waals surface area (Å²) in [4.78, 5) is 4.29. The topological polar surface area (TPSA) is 78.1 Å². The van der Waals surface area contributed by atoms with Crippen molar-refractivity contribution in [2.75, 3.05) is 33.2 Å². The van der Waals surface area contributed by atoms with E-state index in [-0.39, 0.29) is 24.4 Å². The summed E-state index contributed by atoms with van der Waals surface area (Å²) in [5, 5.41) is 2.98.